The Morgan fingerprint density at radius 3 is 2.79 bits per heavy atom. The second kappa shape index (κ2) is 9.60. The fourth-order valence-corrected chi connectivity index (χ4v) is 6.16. The number of carbonyl (C=O) groups excluding carboxylic acids is 1. The molecule has 174 valence electrons. The van der Waals surface area contributed by atoms with Gasteiger partial charge in [0.2, 0.25) is 0 Å². The fourth-order valence-electron chi connectivity index (χ4n) is 4.05. The molecule has 0 radical (unpaired) electrons. The third kappa shape index (κ3) is 4.45. The molecule has 1 aromatic carbocycles. The highest BCUT2D eigenvalue weighted by Gasteiger charge is 2.23. The van der Waals surface area contributed by atoms with Crippen LogP contribution >= 0.6 is 23.1 Å². The van der Waals surface area contributed by atoms with Gasteiger partial charge in [-0.05, 0) is 69.4 Å². The van der Waals surface area contributed by atoms with Crippen LogP contribution in [0.4, 0.5) is 0 Å². The number of carbonyl (C=O) groups is 1. The Morgan fingerprint density at radius 1 is 1.24 bits per heavy atom. The SMILES string of the molecule is C/C(=N/NC(=O)CSc1nc2sc3c(c2c(=O)n1-c1ccc(C)cc1)CCCC3)c1ccco1. The summed E-state index contributed by atoms with van der Waals surface area (Å²) in [6, 6.07) is 11.3. The van der Waals surface area contributed by atoms with Crippen LogP contribution in [-0.4, -0.2) is 26.9 Å². The van der Waals surface area contributed by atoms with E-state index >= 15 is 0 Å². The van der Waals surface area contributed by atoms with Gasteiger partial charge in [-0.25, -0.2) is 10.4 Å². The van der Waals surface area contributed by atoms with Gasteiger partial charge in [-0.1, -0.05) is 29.5 Å². The van der Waals surface area contributed by atoms with Crippen molar-refractivity contribution in [1.82, 2.24) is 15.0 Å². The van der Waals surface area contributed by atoms with Crippen molar-refractivity contribution in [2.45, 2.75) is 44.7 Å². The zero-order chi connectivity index (χ0) is 23.7. The number of aryl methyl sites for hydroxylation is 3. The lowest BCUT2D eigenvalue weighted by Gasteiger charge is -2.13. The summed E-state index contributed by atoms with van der Waals surface area (Å²) >= 11 is 2.84. The summed E-state index contributed by atoms with van der Waals surface area (Å²) in [5, 5.41) is 5.33. The molecule has 9 heteroatoms. The second-order valence-corrected chi connectivity index (χ2v) is 10.3. The molecule has 0 saturated heterocycles. The van der Waals surface area contributed by atoms with Crippen molar-refractivity contribution in [3.63, 3.8) is 0 Å². The number of amides is 1. The minimum absolute atomic E-state index is 0.0668. The molecule has 1 aliphatic rings. The van der Waals surface area contributed by atoms with Crippen LogP contribution in [0.1, 0.15) is 41.5 Å². The van der Waals surface area contributed by atoms with Gasteiger partial charge in [0, 0.05) is 4.88 Å². The third-order valence-electron chi connectivity index (χ3n) is 5.81. The highest BCUT2D eigenvalue weighted by molar-refractivity contribution is 7.99. The van der Waals surface area contributed by atoms with E-state index in [1.807, 2.05) is 31.2 Å². The summed E-state index contributed by atoms with van der Waals surface area (Å²) < 4.78 is 6.92. The maximum atomic E-state index is 13.7. The Hall–Kier alpha value is -3.17. The van der Waals surface area contributed by atoms with E-state index in [9.17, 15) is 9.59 Å². The Bertz CT molecular complexity index is 1430. The third-order valence-corrected chi connectivity index (χ3v) is 7.93. The molecule has 4 aromatic rings. The van der Waals surface area contributed by atoms with Gasteiger partial charge in [-0.15, -0.1) is 11.3 Å². The normalized spacial score (nSPS) is 13.8. The van der Waals surface area contributed by atoms with Gasteiger partial charge in [0.15, 0.2) is 5.16 Å². The zero-order valence-electron chi connectivity index (χ0n) is 19.0. The van der Waals surface area contributed by atoms with Crippen LogP contribution in [0.2, 0.25) is 0 Å². The molecule has 34 heavy (non-hydrogen) atoms. The summed E-state index contributed by atoms with van der Waals surface area (Å²) in [6.45, 7) is 3.77. The zero-order valence-corrected chi connectivity index (χ0v) is 20.6. The molecule has 0 atom stereocenters. The monoisotopic (exact) mass is 492 g/mol. The molecule has 7 nitrogen and oxygen atoms in total. The van der Waals surface area contributed by atoms with Crippen LogP contribution < -0.4 is 11.0 Å². The lowest BCUT2D eigenvalue weighted by atomic mass is 9.97. The highest BCUT2D eigenvalue weighted by atomic mass is 32.2. The van der Waals surface area contributed by atoms with Crippen molar-refractivity contribution < 1.29 is 9.21 Å². The van der Waals surface area contributed by atoms with Gasteiger partial charge >= 0.3 is 0 Å². The second-order valence-electron chi connectivity index (χ2n) is 8.26. The Kier molecular flexibility index (Phi) is 6.38. The Labute approximate surface area is 204 Å². The van der Waals surface area contributed by atoms with Crippen molar-refractivity contribution in [2.24, 2.45) is 5.10 Å². The van der Waals surface area contributed by atoms with Gasteiger partial charge in [-0.2, -0.15) is 5.10 Å². The molecule has 0 spiro atoms. The standard InChI is InChI=1S/C25H24N4O3S2/c1-15-9-11-17(12-10-15)29-24(31)22-18-6-3-4-8-20(18)34-23(22)26-25(29)33-14-21(30)28-27-16(2)19-7-5-13-32-19/h5,7,9-13H,3-4,6,8,14H2,1-2H3,(H,28,30)/b27-16-. The first-order valence-corrected chi connectivity index (χ1v) is 13.0. The molecular formula is C25H24N4O3S2. The molecule has 1 amide bonds. The van der Waals surface area contributed by atoms with Crippen LogP contribution in [0.15, 0.2) is 62.1 Å². The van der Waals surface area contributed by atoms with E-state index in [0.717, 1.165) is 52.7 Å². The number of hydrogen-bond acceptors (Lipinski definition) is 7. The number of thioether (sulfide) groups is 1. The first kappa shape index (κ1) is 22.6. The predicted octanol–water partition coefficient (Wildman–Crippen LogP) is 4.86. The number of hydrogen-bond donors (Lipinski definition) is 1. The average molecular weight is 493 g/mol. The van der Waals surface area contributed by atoms with Crippen LogP contribution in [0, 0.1) is 6.92 Å². The maximum absolute atomic E-state index is 13.7. The Balaban J connectivity index is 1.47. The van der Waals surface area contributed by atoms with Gasteiger partial charge in [-0.3, -0.25) is 14.2 Å². The van der Waals surface area contributed by atoms with Crippen molar-refractivity contribution in [2.75, 3.05) is 5.75 Å². The highest BCUT2D eigenvalue weighted by Crippen LogP contribution is 2.35. The van der Waals surface area contributed by atoms with Crippen LogP contribution in [0.25, 0.3) is 15.9 Å². The first-order chi connectivity index (χ1) is 16.5. The molecule has 3 aromatic heterocycles. The van der Waals surface area contributed by atoms with Crippen molar-refractivity contribution in [1.29, 1.82) is 0 Å². The summed E-state index contributed by atoms with van der Waals surface area (Å²) in [5.41, 5.74) is 6.07. The maximum Gasteiger partial charge on any atom is 0.267 e. The molecule has 0 saturated carbocycles. The van der Waals surface area contributed by atoms with Crippen molar-refractivity contribution in [3.8, 4) is 5.69 Å². The van der Waals surface area contributed by atoms with Crippen LogP contribution in [0.3, 0.4) is 0 Å². The number of benzene rings is 1. The molecule has 0 fully saturated rings. The van der Waals surface area contributed by atoms with E-state index < -0.39 is 0 Å². The number of thiophene rings is 1. The van der Waals surface area contributed by atoms with Crippen molar-refractivity contribution in [3.05, 3.63) is 74.8 Å². The van der Waals surface area contributed by atoms with E-state index in [-0.39, 0.29) is 17.2 Å². The van der Waals surface area contributed by atoms with E-state index in [0.29, 0.717) is 16.6 Å². The van der Waals surface area contributed by atoms with Gasteiger partial charge in [0.1, 0.15) is 16.3 Å². The van der Waals surface area contributed by atoms with Crippen molar-refractivity contribution >= 4 is 44.9 Å². The van der Waals surface area contributed by atoms with Gasteiger partial charge < -0.3 is 4.42 Å². The molecule has 1 aliphatic carbocycles. The van der Waals surface area contributed by atoms with E-state index in [1.165, 1.54) is 16.6 Å². The largest absolute Gasteiger partial charge is 0.463 e. The number of rotatable bonds is 6. The number of aromatic nitrogens is 2. The van der Waals surface area contributed by atoms with Crippen LogP contribution in [0.5, 0.6) is 0 Å². The number of fused-ring (bicyclic) bond motifs is 3. The lowest BCUT2D eigenvalue weighted by molar-refractivity contribution is -0.118. The fraction of sp³-hybridized carbons (Fsp3) is 0.280. The van der Waals surface area contributed by atoms with Gasteiger partial charge in [0.25, 0.3) is 11.5 Å². The summed E-state index contributed by atoms with van der Waals surface area (Å²) in [7, 11) is 0. The molecular weight excluding hydrogens is 468 g/mol. The summed E-state index contributed by atoms with van der Waals surface area (Å²) in [6.07, 6.45) is 5.71. The number of furan rings is 1. The molecule has 0 unspecified atom stereocenters. The minimum Gasteiger partial charge on any atom is -0.463 e. The predicted molar refractivity (Wildman–Crippen MR) is 136 cm³/mol. The smallest absolute Gasteiger partial charge is 0.267 e. The van der Waals surface area contributed by atoms with E-state index in [1.54, 1.807) is 41.2 Å². The number of nitrogens with zero attached hydrogens (tertiary/aromatic N) is 3. The molecule has 0 aliphatic heterocycles. The molecule has 1 N–H and O–H groups in total. The quantitative estimate of drug-likeness (QED) is 0.180. The van der Waals surface area contributed by atoms with Gasteiger partial charge in [0.05, 0.1) is 23.1 Å². The topological polar surface area (TPSA) is 89.5 Å². The summed E-state index contributed by atoms with van der Waals surface area (Å²) in [5.74, 6) is 0.380. The number of hydrazone groups is 1. The van der Waals surface area contributed by atoms with Crippen LogP contribution in [-0.2, 0) is 17.6 Å². The summed E-state index contributed by atoms with van der Waals surface area (Å²) in [4.78, 5) is 33.1. The molecule has 0 bridgehead atoms. The van der Waals surface area contributed by atoms with E-state index in [2.05, 4.69) is 10.5 Å². The average Bonchev–Trinajstić information content (AvgIpc) is 3.50. The molecule has 5 rings (SSSR count). The minimum atomic E-state index is -0.286. The van der Waals surface area contributed by atoms with E-state index in [4.69, 9.17) is 9.40 Å². The number of nitrogens with one attached hydrogen (secondary N) is 1. The Morgan fingerprint density at radius 2 is 2.03 bits per heavy atom. The molecule has 3 heterocycles. The first-order valence-electron chi connectivity index (χ1n) is 11.2. The lowest BCUT2D eigenvalue weighted by Crippen LogP contribution is -2.24.